The van der Waals surface area contributed by atoms with E-state index in [0.29, 0.717) is 0 Å². The van der Waals surface area contributed by atoms with Crippen molar-refractivity contribution in [3.8, 4) is 0 Å². The van der Waals surface area contributed by atoms with Crippen LogP contribution in [0.3, 0.4) is 0 Å². The van der Waals surface area contributed by atoms with Crippen molar-refractivity contribution in [1.82, 2.24) is 5.32 Å². The van der Waals surface area contributed by atoms with Crippen molar-refractivity contribution in [2.75, 3.05) is 0 Å². The Morgan fingerprint density at radius 3 is 2.22 bits per heavy atom. The fraction of sp³-hybridized carbons (Fsp3) is 0.286. The third-order valence-electron chi connectivity index (χ3n) is 4.34. The molecule has 1 N–H and O–H groups in total. The Labute approximate surface area is 139 Å². The quantitative estimate of drug-likeness (QED) is 0.800. The van der Waals surface area contributed by atoms with E-state index in [1.54, 1.807) is 0 Å². The molecule has 0 saturated heterocycles. The number of rotatable bonds is 6. The van der Waals surface area contributed by atoms with Gasteiger partial charge < -0.3 is 5.32 Å². The minimum atomic E-state index is -0.515. The zero-order valence-electron chi connectivity index (χ0n) is 14.1. The first-order chi connectivity index (χ1) is 11.0. The van der Waals surface area contributed by atoms with Gasteiger partial charge in [-0.25, -0.2) is 0 Å². The van der Waals surface area contributed by atoms with Crippen molar-refractivity contribution in [1.29, 1.82) is 0 Å². The van der Waals surface area contributed by atoms with Crippen molar-refractivity contribution >= 4 is 12.0 Å². The monoisotopic (exact) mass is 307 g/mol. The van der Waals surface area contributed by atoms with E-state index in [9.17, 15) is 4.79 Å². The van der Waals surface area contributed by atoms with Crippen LogP contribution in [0.25, 0.3) is 6.08 Å². The van der Waals surface area contributed by atoms with Crippen molar-refractivity contribution in [3.63, 3.8) is 0 Å². The Morgan fingerprint density at radius 1 is 1.09 bits per heavy atom. The minimum absolute atomic E-state index is 0.000278. The first kappa shape index (κ1) is 17.0. The molecule has 2 aromatic carbocycles. The first-order valence-corrected chi connectivity index (χ1v) is 8.15. The highest BCUT2D eigenvalue weighted by atomic mass is 16.2. The van der Waals surface area contributed by atoms with Gasteiger partial charge in [0.2, 0.25) is 5.91 Å². The van der Waals surface area contributed by atoms with E-state index < -0.39 is 5.41 Å². The molecule has 120 valence electrons. The van der Waals surface area contributed by atoms with Crippen LogP contribution in [0.15, 0.2) is 66.7 Å². The molecule has 0 aliphatic carbocycles. The highest BCUT2D eigenvalue weighted by Crippen LogP contribution is 2.26. The lowest BCUT2D eigenvalue weighted by atomic mass is 9.85. The van der Waals surface area contributed by atoms with Crippen LogP contribution in [-0.4, -0.2) is 5.91 Å². The number of carbonyl (C=O) groups is 1. The molecule has 0 aliphatic heterocycles. The maximum Gasteiger partial charge on any atom is 0.230 e. The topological polar surface area (TPSA) is 29.1 Å². The third-order valence-corrected chi connectivity index (χ3v) is 4.34. The minimum Gasteiger partial charge on any atom is -0.349 e. The molecule has 2 atom stereocenters. The molecule has 2 heteroatoms. The van der Waals surface area contributed by atoms with Gasteiger partial charge in [-0.2, -0.15) is 0 Å². The predicted octanol–water partition coefficient (Wildman–Crippen LogP) is 4.99. The summed E-state index contributed by atoms with van der Waals surface area (Å²) in [7, 11) is 0. The van der Waals surface area contributed by atoms with Crippen LogP contribution in [0.5, 0.6) is 0 Å². The van der Waals surface area contributed by atoms with E-state index in [4.69, 9.17) is 0 Å². The Kier molecular flexibility index (Phi) is 5.75. The van der Waals surface area contributed by atoms with E-state index in [1.165, 1.54) is 0 Å². The van der Waals surface area contributed by atoms with Crippen LogP contribution in [0.4, 0.5) is 0 Å². The summed E-state index contributed by atoms with van der Waals surface area (Å²) in [6.07, 6.45) is 4.79. The van der Waals surface area contributed by atoms with Gasteiger partial charge in [0.15, 0.2) is 0 Å². The lowest BCUT2D eigenvalue weighted by Gasteiger charge is -2.26. The molecular weight excluding hydrogens is 282 g/mol. The van der Waals surface area contributed by atoms with Crippen LogP contribution in [0, 0.1) is 5.41 Å². The van der Waals surface area contributed by atoms with Gasteiger partial charge in [-0.3, -0.25) is 4.79 Å². The number of nitrogens with one attached hydrogen (secondary N) is 1. The number of hydrogen-bond donors (Lipinski definition) is 1. The second kappa shape index (κ2) is 7.77. The van der Waals surface area contributed by atoms with E-state index in [1.807, 2.05) is 93.6 Å². The van der Waals surface area contributed by atoms with E-state index in [0.717, 1.165) is 17.5 Å². The SMILES string of the molecule is CC[C@@](C)(/C=C/c1ccccc1)C(=O)N[C@@H](C)c1ccccc1. The van der Waals surface area contributed by atoms with Crippen molar-refractivity contribution in [3.05, 3.63) is 77.9 Å². The van der Waals surface area contributed by atoms with Crippen LogP contribution in [0.2, 0.25) is 0 Å². The van der Waals surface area contributed by atoms with E-state index in [-0.39, 0.29) is 11.9 Å². The van der Waals surface area contributed by atoms with Gasteiger partial charge in [0.25, 0.3) is 0 Å². The maximum absolute atomic E-state index is 12.7. The summed E-state index contributed by atoms with van der Waals surface area (Å²) in [5, 5.41) is 3.13. The highest BCUT2D eigenvalue weighted by molar-refractivity contribution is 5.85. The zero-order valence-corrected chi connectivity index (χ0v) is 14.1. The summed E-state index contributed by atoms with van der Waals surface area (Å²) in [5.41, 5.74) is 1.71. The average molecular weight is 307 g/mol. The van der Waals surface area contributed by atoms with Crippen LogP contribution < -0.4 is 5.32 Å². The molecule has 0 radical (unpaired) electrons. The van der Waals surface area contributed by atoms with Crippen LogP contribution >= 0.6 is 0 Å². The van der Waals surface area contributed by atoms with Crippen molar-refractivity contribution < 1.29 is 4.79 Å². The molecule has 23 heavy (non-hydrogen) atoms. The Hall–Kier alpha value is -2.35. The Balaban J connectivity index is 2.09. The molecule has 2 nitrogen and oxygen atoms in total. The average Bonchev–Trinajstić information content (AvgIpc) is 2.61. The molecule has 1 amide bonds. The van der Waals surface area contributed by atoms with Gasteiger partial charge in [0.05, 0.1) is 11.5 Å². The molecular formula is C21H25NO. The third kappa shape index (κ3) is 4.56. The fourth-order valence-electron chi connectivity index (χ4n) is 2.38. The molecule has 0 saturated carbocycles. The van der Waals surface area contributed by atoms with Crippen LogP contribution in [0.1, 0.15) is 44.4 Å². The lowest BCUT2D eigenvalue weighted by Crippen LogP contribution is -2.38. The van der Waals surface area contributed by atoms with Gasteiger partial charge in [-0.05, 0) is 31.4 Å². The van der Waals surface area contributed by atoms with Crippen molar-refractivity contribution in [2.45, 2.75) is 33.2 Å². The molecule has 2 rings (SSSR count). The van der Waals surface area contributed by atoms with E-state index in [2.05, 4.69) is 5.32 Å². The molecule has 0 aliphatic rings. The number of benzene rings is 2. The smallest absolute Gasteiger partial charge is 0.230 e. The summed E-state index contributed by atoms with van der Waals surface area (Å²) >= 11 is 0. The summed E-state index contributed by atoms with van der Waals surface area (Å²) < 4.78 is 0. The number of amides is 1. The molecule has 0 spiro atoms. The summed E-state index contributed by atoms with van der Waals surface area (Å²) in [6.45, 7) is 6.05. The summed E-state index contributed by atoms with van der Waals surface area (Å²) in [5.74, 6) is 0.0588. The molecule has 0 bridgehead atoms. The van der Waals surface area contributed by atoms with Gasteiger partial charge in [-0.15, -0.1) is 0 Å². The normalized spacial score (nSPS) is 15.1. The van der Waals surface area contributed by atoms with E-state index >= 15 is 0 Å². The fourth-order valence-corrected chi connectivity index (χ4v) is 2.38. The summed E-state index contributed by atoms with van der Waals surface area (Å²) in [6, 6.07) is 20.1. The number of carbonyl (C=O) groups excluding carboxylic acids is 1. The molecule has 0 unspecified atom stereocenters. The molecule has 0 fully saturated rings. The van der Waals surface area contributed by atoms with Gasteiger partial charge in [-0.1, -0.05) is 79.7 Å². The predicted molar refractivity (Wildman–Crippen MR) is 96.9 cm³/mol. The first-order valence-electron chi connectivity index (χ1n) is 8.15. The molecule has 0 aromatic heterocycles. The Morgan fingerprint density at radius 2 is 1.65 bits per heavy atom. The number of hydrogen-bond acceptors (Lipinski definition) is 1. The largest absolute Gasteiger partial charge is 0.349 e. The van der Waals surface area contributed by atoms with Crippen molar-refractivity contribution in [2.24, 2.45) is 5.41 Å². The van der Waals surface area contributed by atoms with Gasteiger partial charge >= 0.3 is 0 Å². The Bertz CT molecular complexity index is 648. The second-order valence-corrected chi connectivity index (χ2v) is 6.12. The second-order valence-electron chi connectivity index (χ2n) is 6.12. The molecule has 0 heterocycles. The molecule has 2 aromatic rings. The summed E-state index contributed by atoms with van der Waals surface area (Å²) in [4.78, 5) is 12.7. The standard InChI is InChI=1S/C21H25NO/c1-4-21(3,16-15-18-11-7-5-8-12-18)20(23)22-17(2)19-13-9-6-10-14-19/h5-17H,4H2,1-3H3,(H,22,23)/b16-15+/t17-,21-/m0/s1. The van der Waals surface area contributed by atoms with Gasteiger partial charge in [0, 0.05) is 0 Å². The maximum atomic E-state index is 12.7. The lowest BCUT2D eigenvalue weighted by molar-refractivity contribution is -0.128. The zero-order chi connectivity index (χ0) is 16.7. The highest BCUT2D eigenvalue weighted by Gasteiger charge is 2.29. The van der Waals surface area contributed by atoms with Crippen LogP contribution in [-0.2, 0) is 4.79 Å². The van der Waals surface area contributed by atoms with Gasteiger partial charge in [0.1, 0.15) is 0 Å².